The zero-order chi connectivity index (χ0) is 11.9. The van der Waals surface area contributed by atoms with E-state index in [1.165, 1.54) is 51.4 Å². The van der Waals surface area contributed by atoms with Crippen LogP contribution in [0.1, 0.15) is 74.3 Å². The van der Waals surface area contributed by atoms with E-state index in [0.29, 0.717) is 0 Å². The van der Waals surface area contributed by atoms with Crippen LogP contribution in [0.5, 0.6) is 0 Å². The quantitative estimate of drug-likeness (QED) is 0.637. The summed E-state index contributed by atoms with van der Waals surface area (Å²) in [6, 6.07) is 9.62. The molecular formula is C18H24. The van der Waals surface area contributed by atoms with Gasteiger partial charge in [-0.25, -0.2) is 0 Å². The van der Waals surface area contributed by atoms with Crippen molar-refractivity contribution in [2.75, 3.05) is 0 Å². The molecule has 0 saturated heterocycles. The first-order chi connectivity index (χ1) is 8.88. The maximum atomic E-state index is 2.55. The number of benzene rings is 1. The lowest BCUT2D eigenvalue weighted by Gasteiger charge is -2.18. The Hall–Kier alpha value is -0.780. The summed E-state index contributed by atoms with van der Waals surface area (Å²) in [6.45, 7) is 0. The molecule has 1 aromatic carbocycles. The molecule has 18 heavy (non-hydrogen) atoms. The maximum absolute atomic E-state index is 2.55. The third kappa shape index (κ3) is 2.63. The molecule has 0 radical (unpaired) electrons. The topological polar surface area (TPSA) is 0 Å². The van der Waals surface area contributed by atoms with Gasteiger partial charge in [0.05, 0.1) is 0 Å². The van der Waals surface area contributed by atoms with Gasteiger partial charge in [0.15, 0.2) is 0 Å². The Labute approximate surface area is 111 Å². The van der Waals surface area contributed by atoms with Crippen molar-refractivity contribution in [3.8, 4) is 0 Å². The van der Waals surface area contributed by atoms with E-state index in [2.05, 4.69) is 24.3 Å². The maximum Gasteiger partial charge on any atom is -0.0157 e. The molecule has 0 atom stereocenters. The van der Waals surface area contributed by atoms with E-state index in [4.69, 9.17) is 0 Å². The predicted octanol–water partition coefficient (Wildman–Crippen LogP) is 5.25. The average Bonchev–Trinajstić information content (AvgIpc) is 3.27. The summed E-state index contributed by atoms with van der Waals surface area (Å²) in [7, 11) is 0. The normalized spacial score (nSPS) is 23.6. The van der Waals surface area contributed by atoms with Gasteiger partial charge in [0.1, 0.15) is 0 Å². The van der Waals surface area contributed by atoms with Crippen LogP contribution in [0.2, 0.25) is 0 Å². The first-order valence-corrected chi connectivity index (χ1v) is 7.98. The summed E-state index contributed by atoms with van der Waals surface area (Å²) in [5.74, 6) is 3.92. The predicted molar refractivity (Wildman–Crippen MR) is 75.8 cm³/mol. The smallest absolute Gasteiger partial charge is 0.0157 e. The van der Waals surface area contributed by atoms with Gasteiger partial charge in [-0.1, -0.05) is 49.9 Å². The molecule has 0 aliphatic heterocycles. The first kappa shape index (κ1) is 11.1. The molecule has 0 heteroatoms. The molecule has 3 saturated carbocycles. The minimum atomic E-state index is 0.878. The molecule has 0 amide bonds. The second kappa shape index (κ2) is 4.40. The molecule has 0 bridgehead atoms. The average molecular weight is 240 g/mol. The van der Waals surface area contributed by atoms with Gasteiger partial charge in [0.2, 0.25) is 0 Å². The minimum Gasteiger partial charge on any atom is -0.0617 e. The lowest BCUT2D eigenvalue weighted by atomic mass is 9.87. The highest BCUT2D eigenvalue weighted by Gasteiger charge is 2.32. The summed E-state index contributed by atoms with van der Waals surface area (Å²) >= 11 is 0. The van der Waals surface area contributed by atoms with Crippen molar-refractivity contribution in [2.24, 2.45) is 11.8 Å². The summed E-state index contributed by atoms with van der Waals surface area (Å²) in [5, 5.41) is 0. The van der Waals surface area contributed by atoms with Crippen molar-refractivity contribution in [3.05, 3.63) is 35.4 Å². The van der Waals surface area contributed by atoms with Gasteiger partial charge >= 0.3 is 0 Å². The van der Waals surface area contributed by atoms with Crippen molar-refractivity contribution in [2.45, 2.75) is 63.2 Å². The molecule has 4 rings (SSSR count). The molecule has 96 valence electrons. The van der Waals surface area contributed by atoms with Gasteiger partial charge in [0, 0.05) is 0 Å². The monoisotopic (exact) mass is 240 g/mol. The standard InChI is InChI=1S/C18H24/c1-2-16(15-8-9-15)12-17(3-1)18(10-13-4-5-13)11-14-6-7-14/h1-3,12-15,18H,4-11H2. The van der Waals surface area contributed by atoms with E-state index in [1.807, 2.05) is 0 Å². The van der Waals surface area contributed by atoms with Gasteiger partial charge in [-0.2, -0.15) is 0 Å². The number of rotatable bonds is 6. The zero-order valence-corrected chi connectivity index (χ0v) is 11.3. The van der Waals surface area contributed by atoms with Gasteiger partial charge < -0.3 is 0 Å². The van der Waals surface area contributed by atoms with Crippen LogP contribution in [-0.2, 0) is 0 Å². The van der Waals surface area contributed by atoms with Gasteiger partial charge in [-0.05, 0) is 60.5 Å². The minimum absolute atomic E-state index is 0.878. The molecule has 3 aliphatic rings. The number of hydrogen-bond acceptors (Lipinski definition) is 0. The highest BCUT2D eigenvalue weighted by molar-refractivity contribution is 5.31. The summed E-state index contributed by atoms with van der Waals surface area (Å²) in [5.41, 5.74) is 3.29. The second-order valence-corrected chi connectivity index (χ2v) is 7.00. The SMILES string of the molecule is c1cc(C2CC2)cc(C(CC2CC2)CC2CC2)c1. The highest BCUT2D eigenvalue weighted by Crippen LogP contribution is 2.47. The molecule has 0 N–H and O–H groups in total. The lowest BCUT2D eigenvalue weighted by molar-refractivity contribution is 0.510. The van der Waals surface area contributed by atoms with Crippen molar-refractivity contribution < 1.29 is 0 Å². The molecule has 1 aromatic rings. The van der Waals surface area contributed by atoms with Crippen molar-refractivity contribution in [1.82, 2.24) is 0 Å². The molecule has 0 unspecified atom stereocenters. The third-order valence-corrected chi connectivity index (χ3v) is 5.06. The summed E-state index contributed by atoms with van der Waals surface area (Å²) < 4.78 is 0. The Morgan fingerprint density at radius 2 is 1.56 bits per heavy atom. The number of hydrogen-bond donors (Lipinski definition) is 0. The molecule has 0 spiro atoms. The zero-order valence-electron chi connectivity index (χ0n) is 11.3. The van der Waals surface area contributed by atoms with Crippen molar-refractivity contribution in [3.63, 3.8) is 0 Å². The first-order valence-electron chi connectivity index (χ1n) is 7.98. The fourth-order valence-corrected chi connectivity index (χ4v) is 3.36. The Morgan fingerprint density at radius 3 is 2.11 bits per heavy atom. The van der Waals surface area contributed by atoms with Crippen LogP contribution in [0, 0.1) is 11.8 Å². The van der Waals surface area contributed by atoms with E-state index < -0.39 is 0 Å². The molecule has 3 aliphatic carbocycles. The van der Waals surface area contributed by atoms with E-state index in [-0.39, 0.29) is 0 Å². The van der Waals surface area contributed by atoms with Crippen LogP contribution in [-0.4, -0.2) is 0 Å². The Balaban J connectivity index is 1.53. The van der Waals surface area contributed by atoms with Crippen LogP contribution in [0.15, 0.2) is 24.3 Å². The molecular weight excluding hydrogens is 216 g/mol. The largest absolute Gasteiger partial charge is 0.0617 e. The van der Waals surface area contributed by atoms with E-state index in [0.717, 1.165) is 23.7 Å². The Bertz CT molecular complexity index is 407. The van der Waals surface area contributed by atoms with E-state index >= 15 is 0 Å². The van der Waals surface area contributed by atoms with Crippen LogP contribution >= 0.6 is 0 Å². The fourth-order valence-electron chi connectivity index (χ4n) is 3.36. The molecule has 0 heterocycles. The van der Waals surface area contributed by atoms with Gasteiger partial charge in [-0.3, -0.25) is 0 Å². The van der Waals surface area contributed by atoms with Crippen LogP contribution in [0.25, 0.3) is 0 Å². The van der Waals surface area contributed by atoms with Crippen LogP contribution < -0.4 is 0 Å². The highest BCUT2D eigenvalue weighted by atomic mass is 14.4. The van der Waals surface area contributed by atoms with Gasteiger partial charge in [0.25, 0.3) is 0 Å². The fraction of sp³-hybridized carbons (Fsp3) is 0.667. The van der Waals surface area contributed by atoms with E-state index in [1.54, 1.807) is 11.1 Å². The molecule has 3 fully saturated rings. The summed E-state index contributed by atoms with van der Waals surface area (Å²) in [4.78, 5) is 0. The molecule has 0 aromatic heterocycles. The van der Waals surface area contributed by atoms with Crippen molar-refractivity contribution in [1.29, 1.82) is 0 Å². The van der Waals surface area contributed by atoms with Crippen LogP contribution in [0.4, 0.5) is 0 Å². The summed E-state index contributed by atoms with van der Waals surface area (Å²) in [6.07, 6.45) is 11.8. The second-order valence-electron chi connectivity index (χ2n) is 7.00. The van der Waals surface area contributed by atoms with Gasteiger partial charge in [-0.15, -0.1) is 0 Å². The van der Waals surface area contributed by atoms with E-state index in [9.17, 15) is 0 Å². The molecule has 0 nitrogen and oxygen atoms in total. The van der Waals surface area contributed by atoms with Crippen molar-refractivity contribution >= 4 is 0 Å². The Morgan fingerprint density at radius 1 is 0.889 bits per heavy atom. The van der Waals surface area contributed by atoms with Crippen LogP contribution in [0.3, 0.4) is 0 Å². The third-order valence-electron chi connectivity index (χ3n) is 5.06. The lowest BCUT2D eigenvalue weighted by Crippen LogP contribution is -2.02. The Kier molecular flexibility index (Phi) is 2.71.